The molecule has 0 spiro atoms. The molecule has 0 saturated heterocycles. The summed E-state index contributed by atoms with van der Waals surface area (Å²) in [7, 11) is 0. The van der Waals surface area contributed by atoms with Gasteiger partial charge in [-0.15, -0.1) is 5.92 Å². The van der Waals surface area contributed by atoms with Crippen molar-refractivity contribution in [1.82, 2.24) is 0 Å². The van der Waals surface area contributed by atoms with E-state index in [2.05, 4.69) is 11.8 Å². The quantitative estimate of drug-likeness (QED) is 0.530. The van der Waals surface area contributed by atoms with Crippen LogP contribution in [0.15, 0.2) is 0 Å². The summed E-state index contributed by atoms with van der Waals surface area (Å²) in [4.78, 5) is 0. The molecule has 0 amide bonds. The minimum absolute atomic E-state index is 0.142. The van der Waals surface area contributed by atoms with Crippen LogP contribution in [0.5, 0.6) is 0 Å². The van der Waals surface area contributed by atoms with Crippen molar-refractivity contribution in [2.24, 2.45) is 11.8 Å². The second-order valence-electron chi connectivity index (χ2n) is 2.58. The second kappa shape index (κ2) is 3.60. The van der Waals surface area contributed by atoms with Gasteiger partial charge in [-0.2, -0.15) is 0 Å². The molecule has 1 aliphatic carbocycles. The molecule has 1 aliphatic rings. The van der Waals surface area contributed by atoms with Gasteiger partial charge in [0.15, 0.2) is 0 Å². The Morgan fingerprint density at radius 1 is 1.40 bits per heavy atom. The van der Waals surface area contributed by atoms with Gasteiger partial charge in [0.1, 0.15) is 0 Å². The maximum absolute atomic E-state index is 8.62. The van der Waals surface area contributed by atoms with E-state index in [-0.39, 0.29) is 13.2 Å². The molecule has 0 aromatic rings. The van der Waals surface area contributed by atoms with Crippen molar-refractivity contribution < 1.29 is 10.2 Å². The average molecular weight is 140 g/mol. The Bertz CT molecular complexity index is 154. The Kier molecular flexibility index (Phi) is 2.73. The molecule has 0 aromatic carbocycles. The lowest BCUT2D eigenvalue weighted by molar-refractivity contribution is 0.273. The van der Waals surface area contributed by atoms with E-state index in [0.717, 1.165) is 6.42 Å². The number of rotatable bonds is 2. The highest BCUT2D eigenvalue weighted by Crippen LogP contribution is 2.36. The van der Waals surface area contributed by atoms with Crippen LogP contribution in [-0.4, -0.2) is 23.4 Å². The smallest absolute Gasteiger partial charge is 0.0540 e. The fraction of sp³-hybridized carbons (Fsp3) is 0.750. The second-order valence-corrected chi connectivity index (χ2v) is 2.58. The van der Waals surface area contributed by atoms with Gasteiger partial charge in [0.25, 0.3) is 0 Å². The molecule has 1 fully saturated rings. The minimum Gasteiger partial charge on any atom is -0.396 e. The van der Waals surface area contributed by atoms with Crippen molar-refractivity contribution >= 4 is 0 Å². The third kappa shape index (κ3) is 2.02. The Labute approximate surface area is 60.9 Å². The molecule has 0 bridgehead atoms. The van der Waals surface area contributed by atoms with Gasteiger partial charge < -0.3 is 10.2 Å². The fourth-order valence-electron chi connectivity index (χ4n) is 0.885. The highest BCUT2D eigenvalue weighted by atomic mass is 16.3. The summed E-state index contributed by atoms with van der Waals surface area (Å²) in [6, 6.07) is 0. The van der Waals surface area contributed by atoms with Crippen molar-refractivity contribution in [3.63, 3.8) is 0 Å². The summed E-state index contributed by atoms with van der Waals surface area (Å²) < 4.78 is 0. The van der Waals surface area contributed by atoms with Crippen LogP contribution in [0.2, 0.25) is 0 Å². The van der Waals surface area contributed by atoms with Gasteiger partial charge in [0.05, 0.1) is 6.61 Å². The van der Waals surface area contributed by atoms with E-state index in [0.29, 0.717) is 18.3 Å². The van der Waals surface area contributed by atoms with Crippen LogP contribution in [-0.2, 0) is 0 Å². The third-order valence-corrected chi connectivity index (χ3v) is 1.68. The van der Waals surface area contributed by atoms with Crippen LogP contribution < -0.4 is 0 Å². The number of aliphatic hydroxyl groups excluding tert-OH is 2. The first kappa shape index (κ1) is 7.59. The number of hydrogen-bond acceptors (Lipinski definition) is 2. The molecule has 0 unspecified atom stereocenters. The first-order chi connectivity index (χ1) is 4.88. The molecule has 10 heavy (non-hydrogen) atoms. The van der Waals surface area contributed by atoms with E-state index in [1.807, 2.05) is 0 Å². The zero-order valence-electron chi connectivity index (χ0n) is 5.88. The molecule has 2 nitrogen and oxygen atoms in total. The maximum Gasteiger partial charge on any atom is 0.0540 e. The summed E-state index contributed by atoms with van der Waals surface area (Å²) in [6.07, 6.45) is 1.60. The van der Waals surface area contributed by atoms with Crippen molar-refractivity contribution in [3.8, 4) is 11.8 Å². The van der Waals surface area contributed by atoms with Gasteiger partial charge in [-0.1, -0.05) is 5.92 Å². The first-order valence-corrected chi connectivity index (χ1v) is 3.58. The molecule has 2 heteroatoms. The van der Waals surface area contributed by atoms with Gasteiger partial charge in [0, 0.05) is 18.9 Å². The van der Waals surface area contributed by atoms with Gasteiger partial charge in [-0.3, -0.25) is 0 Å². The van der Waals surface area contributed by atoms with E-state index < -0.39 is 0 Å². The summed E-state index contributed by atoms with van der Waals surface area (Å²) in [5.74, 6) is 6.67. The minimum atomic E-state index is 0.142. The molecular weight excluding hydrogens is 128 g/mol. The van der Waals surface area contributed by atoms with E-state index in [9.17, 15) is 0 Å². The Morgan fingerprint density at radius 2 is 2.20 bits per heavy atom. The SMILES string of the molecule is OCCC#C[C@@H]1C[C@@H]1CO. The summed E-state index contributed by atoms with van der Waals surface area (Å²) in [6.45, 7) is 0.405. The van der Waals surface area contributed by atoms with E-state index >= 15 is 0 Å². The van der Waals surface area contributed by atoms with Gasteiger partial charge in [-0.25, -0.2) is 0 Å². The van der Waals surface area contributed by atoms with Gasteiger partial charge in [0.2, 0.25) is 0 Å². The molecule has 0 heterocycles. The molecule has 1 rings (SSSR count). The molecule has 0 aromatic heterocycles. The summed E-state index contributed by atoms with van der Waals surface area (Å²) in [5, 5.41) is 17.0. The Hall–Kier alpha value is -0.520. The predicted octanol–water partition coefficient (Wildman–Crippen LogP) is 0.000600. The molecule has 0 aliphatic heterocycles. The molecule has 2 N–H and O–H groups in total. The number of aliphatic hydroxyl groups is 2. The topological polar surface area (TPSA) is 40.5 Å². The average Bonchev–Trinajstić information content (AvgIpc) is 2.68. The van der Waals surface area contributed by atoms with Gasteiger partial charge in [-0.05, 0) is 12.3 Å². The lowest BCUT2D eigenvalue weighted by atomic mass is 10.3. The van der Waals surface area contributed by atoms with Crippen molar-refractivity contribution in [2.75, 3.05) is 13.2 Å². The lowest BCUT2D eigenvalue weighted by Crippen LogP contribution is -1.85. The summed E-state index contributed by atoms with van der Waals surface area (Å²) in [5.41, 5.74) is 0. The zero-order chi connectivity index (χ0) is 7.40. The highest BCUT2D eigenvalue weighted by molar-refractivity contribution is 5.12. The molecule has 0 radical (unpaired) electrons. The largest absolute Gasteiger partial charge is 0.396 e. The van der Waals surface area contributed by atoms with Crippen LogP contribution in [0.3, 0.4) is 0 Å². The van der Waals surface area contributed by atoms with Crippen LogP contribution in [0, 0.1) is 23.7 Å². The standard InChI is InChI=1S/C8H12O2/c9-4-2-1-3-7-5-8(7)6-10/h7-10H,2,4-6H2/t7-,8-/m1/s1. The normalized spacial score (nSPS) is 29.0. The Balaban J connectivity index is 2.12. The van der Waals surface area contributed by atoms with Crippen LogP contribution >= 0.6 is 0 Å². The van der Waals surface area contributed by atoms with Crippen LogP contribution in [0.25, 0.3) is 0 Å². The van der Waals surface area contributed by atoms with Crippen molar-refractivity contribution in [3.05, 3.63) is 0 Å². The summed E-state index contributed by atoms with van der Waals surface area (Å²) >= 11 is 0. The van der Waals surface area contributed by atoms with Crippen LogP contribution in [0.4, 0.5) is 0 Å². The lowest BCUT2D eigenvalue weighted by Gasteiger charge is -1.82. The third-order valence-electron chi connectivity index (χ3n) is 1.68. The van der Waals surface area contributed by atoms with E-state index in [1.165, 1.54) is 0 Å². The van der Waals surface area contributed by atoms with Crippen molar-refractivity contribution in [1.29, 1.82) is 0 Å². The molecule has 2 atom stereocenters. The molecule has 56 valence electrons. The zero-order valence-corrected chi connectivity index (χ0v) is 5.88. The van der Waals surface area contributed by atoms with Crippen molar-refractivity contribution in [2.45, 2.75) is 12.8 Å². The molecule has 1 saturated carbocycles. The van der Waals surface area contributed by atoms with E-state index in [4.69, 9.17) is 10.2 Å². The van der Waals surface area contributed by atoms with E-state index in [1.54, 1.807) is 0 Å². The maximum atomic E-state index is 8.62. The Morgan fingerprint density at radius 3 is 2.70 bits per heavy atom. The predicted molar refractivity (Wildman–Crippen MR) is 38.2 cm³/mol. The molecular formula is C8H12O2. The van der Waals surface area contributed by atoms with Gasteiger partial charge >= 0.3 is 0 Å². The fourth-order valence-corrected chi connectivity index (χ4v) is 0.885. The monoisotopic (exact) mass is 140 g/mol. The van der Waals surface area contributed by atoms with Crippen LogP contribution in [0.1, 0.15) is 12.8 Å². The number of hydrogen-bond donors (Lipinski definition) is 2. The first-order valence-electron chi connectivity index (χ1n) is 3.58. The highest BCUT2D eigenvalue weighted by Gasteiger charge is 2.34.